The van der Waals surface area contributed by atoms with Gasteiger partial charge in [-0.15, -0.1) is 0 Å². The highest BCUT2D eigenvalue weighted by molar-refractivity contribution is 9.42. The average Bonchev–Trinajstić information content (AvgIpc) is 2.27. The number of hydrogen-bond donors (Lipinski definition) is 1. The van der Waals surface area contributed by atoms with Crippen molar-refractivity contribution < 1.29 is 8.42 Å². The first-order valence-electron chi connectivity index (χ1n) is 4.87. The Morgan fingerprint density at radius 1 is 0.944 bits per heavy atom. The quantitative estimate of drug-likeness (QED) is 0.680. The predicted octanol–water partition coefficient (Wildman–Crippen LogP) is 4.38. The van der Waals surface area contributed by atoms with Gasteiger partial charge in [0.2, 0.25) is 0 Å². The van der Waals surface area contributed by atoms with Gasteiger partial charge in [0.25, 0.3) is 11.5 Å². The largest absolute Gasteiger partial charge is 0.281 e. The molecule has 1 N–H and O–H groups in total. The molecule has 7 heteroatoms. The van der Waals surface area contributed by atoms with Crippen LogP contribution in [0.25, 0.3) is 10.8 Å². The van der Waals surface area contributed by atoms with E-state index < -0.39 is 11.5 Å². The van der Waals surface area contributed by atoms with Crippen molar-refractivity contribution in [2.75, 3.05) is 4.72 Å². The van der Waals surface area contributed by atoms with Crippen LogP contribution in [0.4, 0.5) is 5.69 Å². The van der Waals surface area contributed by atoms with Gasteiger partial charge >= 0.3 is 0 Å². The van der Waals surface area contributed by atoms with Gasteiger partial charge in [-0.1, -0.05) is 30.3 Å². The van der Waals surface area contributed by atoms with Gasteiger partial charge in [0, 0.05) is 5.69 Å². The standard InChI is InChI=1S/C11H8Br3NO2S/c12-11(13,14)18(16,17)15-10-6-5-8-3-1-2-4-9(8)7-10/h1-7,15H. The number of fused-ring (bicyclic) bond motifs is 1. The predicted molar refractivity (Wildman–Crippen MR) is 86.0 cm³/mol. The minimum atomic E-state index is -3.62. The highest BCUT2D eigenvalue weighted by Gasteiger charge is 2.35. The van der Waals surface area contributed by atoms with Crippen molar-refractivity contribution >= 4 is 74.3 Å². The second-order valence-corrected chi connectivity index (χ2v) is 13.8. The van der Waals surface area contributed by atoms with Gasteiger partial charge in [-0.25, -0.2) is 8.42 Å². The maximum Gasteiger partial charge on any atom is 0.269 e. The Kier molecular flexibility index (Phi) is 4.06. The van der Waals surface area contributed by atoms with Gasteiger partial charge in [0.05, 0.1) is 0 Å². The summed E-state index contributed by atoms with van der Waals surface area (Å²) in [4.78, 5) is 0. The van der Waals surface area contributed by atoms with Gasteiger partial charge in [-0.05, 0) is 70.7 Å². The van der Waals surface area contributed by atoms with E-state index in [1.54, 1.807) is 12.1 Å². The summed E-state index contributed by atoms with van der Waals surface area (Å²) in [5.74, 6) is 0. The van der Waals surface area contributed by atoms with Crippen LogP contribution in [0, 0.1) is 0 Å². The molecular formula is C11H8Br3NO2S. The molecule has 18 heavy (non-hydrogen) atoms. The second-order valence-electron chi connectivity index (χ2n) is 3.61. The maximum atomic E-state index is 11.9. The maximum absolute atomic E-state index is 11.9. The Labute approximate surface area is 130 Å². The lowest BCUT2D eigenvalue weighted by Crippen LogP contribution is -2.25. The lowest BCUT2D eigenvalue weighted by atomic mass is 10.1. The lowest BCUT2D eigenvalue weighted by molar-refractivity contribution is 0.604. The highest BCUT2D eigenvalue weighted by atomic mass is 80.0. The molecule has 0 aliphatic rings. The molecule has 0 heterocycles. The Balaban J connectivity index is 2.39. The number of rotatable bonds is 2. The molecule has 0 aromatic heterocycles. The molecule has 0 bridgehead atoms. The molecule has 2 rings (SSSR count). The van der Waals surface area contributed by atoms with Crippen LogP contribution < -0.4 is 4.72 Å². The van der Waals surface area contributed by atoms with Crippen LogP contribution in [-0.4, -0.2) is 9.89 Å². The van der Waals surface area contributed by atoms with Crippen molar-refractivity contribution in [3.8, 4) is 0 Å². The lowest BCUT2D eigenvalue weighted by Gasteiger charge is -2.15. The first-order valence-corrected chi connectivity index (χ1v) is 8.74. The summed E-state index contributed by atoms with van der Waals surface area (Å²) in [5.41, 5.74) is 0.511. The van der Waals surface area contributed by atoms with Crippen molar-refractivity contribution in [2.45, 2.75) is 1.47 Å². The molecule has 0 fully saturated rings. The number of hydrogen-bond acceptors (Lipinski definition) is 2. The van der Waals surface area contributed by atoms with E-state index in [1.165, 1.54) is 0 Å². The smallest absolute Gasteiger partial charge is 0.269 e. The van der Waals surface area contributed by atoms with E-state index in [-0.39, 0.29) is 0 Å². The number of sulfonamides is 1. The Morgan fingerprint density at radius 2 is 1.56 bits per heavy atom. The van der Waals surface area contributed by atoms with Crippen LogP contribution in [0.1, 0.15) is 0 Å². The number of anilines is 1. The first-order chi connectivity index (χ1) is 8.29. The molecule has 0 saturated carbocycles. The van der Waals surface area contributed by atoms with Crippen molar-refractivity contribution in [3.63, 3.8) is 0 Å². The number of nitrogens with one attached hydrogen (secondary N) is 1. The minimum Gasteiger partial charge on any atom is -0.281 e. The zero-order valence-corrected chi connectivity index (χ0v) is 14.5. The SMILES string of the molecule is O=S(=O)(Nc1ccc2ccccc2c1)C(Br)(Br)Br. The van der Waals surface area contributed by atoms with Crippen LogP contribution in [0.15, 0.2) is 42.5 Å². The van der Waals surface area contributed by atoms with Crippen LogP contribution in [0.2, 0.25) is 0 Å². The molecule has 0 spiro atoms. The molecular weight excluding hydrogens is 450 g/mol. The minimum absolute atomic E-state index is 0.511. The normalized spacial score (nSPS) is 12.6. The summed E-state index contributed by atoms with van der Waals surface area (Å²) < 4.78 is 24.9. The van der Waals surface area contributed by atoms with Crippen LogP contribution in [-0.2, 0) is 10.0 Å². The molecule has 2 aromatic carbocycles. The fourth-order valence-electron chi connectivity index (χ4n) is 1.47. The zero-order chi connectivity index (χ0) is 13.4. The van der Waals surface area contributed by atoms with E-state index in [2.05, 4.69) is 52.5 Å². The number of alkyl halides is 3. The van der Waals surface area contributed by atoms with Gasteiger partial charge < -0.3 is 0 Å². The van der Waals surface area contributed by atoms with E-state index in [4.69, 9.17) is 0 Å². The molecule has 3 nitrogen and oxygen atoms in total. The van der Waals surface area contributed by atoms with E-state index in [9.17, 15) is 8.42 Å². The van der Waals surface area contributed by atoms with Gasteiger partial charge in [0.15, 0.2) is 0 Å². The molecule has 0 radical (unpaired) electrons. The van der Waals surface area contributed by atoms with Crippen molar-refractivity contribution in [1.82, 2.24) is 0 Å². The molecule has 2 aromatic rings. The van der Waals surface area contributed by atoms with Crippen LogP contribution >= 0.6 is 47.8 Å². The Hall–Kier alpha value is -0.110. The van der Waals surface area contributed by atoms with Crippen molar-refractivity contribution in [1.29, 1.82) is 0 Å². The topological polar surface area (TPSA) is 46.2 Å². The molecule has 0 saturated heterocycles. The summed E-state index contributed by atoms with van der Waals surface area (Å²) in [6.45, 7) is 0. The number of benzene rings is 2. The van der Waals surface area contributed by atoms with E-state index in [0.29, 0.717) is 5.69 Å². The second kappa shape index (κ2) is 5.11. The molecule has 0 aliphatic carbocycles. The third-order valence-electron chi connectivity index (χ3n) is 2.31. The Morgan fingerprint density at radius 3 is 2.17 bits per heavy atom. The molecule has 0 atom stereocenters. The van der Waals surface area contributed by atoms with Gasteiger partial charge in [-0.3, -0.25) is 4.72 Å². The van der Waals surface area contributed by atoms with E-state index in [0.717, 1.165) is 10.8 Å². The third-order valence-corrected chi connectivity index (χ3v) is 7.26. The summed E-state index contributed by atoms with van der Waals surface area (Å²) in [6.07, 6.45) is 0. The summed E-state index contributed by atoms with van der Waals surface area (Å²) in [6, 6.07) is 13.1. The Bertz CT molecular complexity index is 680. The van der Waals surface area contributed by atoms with E-state index in [1.807, 2.05) is 30.3 Å². The van der Waals surface area contributed by atoms with Gasteiger partial charge in [-0.2, -0.15) is 0 Å². The fourth-order valence-corrected chi connectivity index (χ4v) is 2.75. The van der Waals surface area contributed by atoms with Crippen molar-refractivity contribution in [2.24, 2.45) is 0 Å². The summed E-state index contributed by atoms with van der Waals surface area (Å²) >= 11 is 8.97. The van der Waals surface area contributed by atoms with Crippen LogP contribution in [0.3, 0.4) is 0 Å². The van der Waals surface area contributed by atoms with E-state index >= 15 is 0 Å². The zero-order valence-electron chi connectivity index (χ0n) is 8.90. The highest BCUT2D eigenvalue weighted by Crippen LogP contribution is 2.40. The molecule has 0 unspecified atom stereocenters. The first kappa shape index (κ1) is 14.3. The summed E-state index contributed by atoms with van der Waals surface area (Å²) in [5, 5.41) is 2.03. The van der Waals surface area contributed by atoms with Gasteiger partial charge in [0.1, 0.15) is 0 Å². The monoisotopic (exact) mass is 455 g/mol. The molecule has 96 valence electrons. The van der Waals surface area contributed by atoms with Crippen molar-refractivity contribution in [3.05, 3.63) is 42.5 Å². The molecule has 0 aliphatic heterocycles. The summed E-state index contributed by atoms with van der Waals surface area (Å²) in [7, 11) is -3.62. The average molecular weight is 458 g/mol. The fraction of sp³-hybridized carbons (Fsp3) is 0.0909. The molecule has 0 amide bonds. The number of halogens is 3. The van der Waals surface area contributed by atoms with Crippen LogP contribution in [0.5, 0.6) is 0 Å². The third kappa shape index (κ3) is 3.07.